The van der Waals surface area contributed by atoms with Crippen molar-refractivity contribution in [2.75, 3.05) is 5.32 Å². The number of nitrogens with one attached hydrogen (secondary N) is 1. The van der Waals surface area contributed by atoms with Gasteiger partial charge < -0.3 is 14.8 Å². The smallest absolute Gasteiger partial charge is 0.277 e. The van der Waals surface area contributed by atoms with Gasteiger partial charge in [-0.3, -0.25) is 4.79 Å². The van der Waals surface area contributed by atoms with E-state index in [0.29, 0.717) is 16.7 Å². The number of phenolic OH excluding ortho intramolecular Hbond substituents is 1. The number of benzene rings is 2. The van der Waals surface area contributed by atoms with Gasteiger partial charge >= 0.3 is 0 Å². The van der Waals surface area contributed by atoms with Crippen LogP contribution in [0.25, 0.3) is 11.5 Å². The Kier molecular flexibility index (Phi) is 5.27. The van der Waals surface area contributed by atoms with Gasteiger partial charge in [0, 0.05) is 11.3 Å². The summed E-state index contributed by atoms with van der Waals surface area (Å²) in [5.41, 5.74) is 3.57. The minimum Gasteiger partial charge on any atom is -0.508 e. The Hall–Kier alpha value is -2.80. The van der Waals surface area contributed by atoms with Gasteiger partial charge in [0.05, 0.1) is 5.25 Å². The highest BCUT2D eigenvalue weighted by molar-refractivity contribution is 8.00. The fraction of sp³-hybridized carbons (Fsp3) is 0.211. The topological polar surface area (TPSA) is 88.2 Å². The lowest BCUT2D eigenvalue weighted by atomic mass is 10.1. The summed E-state index contributed by atoms with van der Waals surface area (Å²) in [7, 11) is 0. The fourth-order valence-electron chi connectivity index (χ4n) is 2.42. The third-order valence-corrected chi connectivity index (χ3v) is 4.83. The zero-order valence-corrected chi connectivity index (χ0v) is 15.5. The van der Waals surface area contributed by atoms with Crippen molar-refractivity contribution in [3.63, 3.8) is 0 Å². The van der Waals surface area contributed by atoms with Gasteiger partial charge in [0.2, 0.25) is 11.8 Å². The summed E-state index contributed by atoms with van der Waals surface area (Å²) >= 11 is 1.20. The number of nitrogens with zero attached hydrogens (tertiary/aromatic N) is 2. The first-order valence-electron chi connectivity index (χ1n) is 8.10. The van der Waals surface area contributed by atoms with Crippen LogP contribution in [0.2, 0.25) is 0 Å². The van der Waals surface area contributed by atoms with E-state index >= 15 is 0 Å². The first-order valence-corrected chi connectivity index (χ1v) is 8.98. The Morgan fingerprint density at radius 2 is 1.77 bits per heavy atom. The van der Waals surface area contributed by atoms with Crippen LogP contribution in [-0.4, -0.2) is 26.5 Å². The SMILES string of the molecule is Cc1cccc(C)c1NC(=O)[C@@H](C)Sc1nnc(-c2ccc(O)cc2)o1. The van der Waals surface area contributed by atoms with Crippen molar-refractivity contribution in [1.29, 1.82) is 0 Å². The monoisotopic (exact) mass is 369 g/mol. The molecule has 1 heterocycles. The van der Waals surface area contributed by atoms with E-state index in [-0.39, 0.29) is 11.7 Å². The maximum absolute atomic E-state index is 12.5. The van der Waals surface area contributed by atoms with Crippen LogP contribution in [0.1, 0.15) is 18.1 Å². The Balaban J connectivity index is 1.67. The number of aromatic nitrogens is 2. The molecule has 0 unspecified atom stereocenters. The molecule has 0 bridgehead atoms. The number of para-hydroxylation sites is 1. The van der Waals surface area contributed by atoms with Crippen LogP contribution in [0.15, 0.2) is 52.1 Å². The predicted molar refractivity (Wildman–Crippen MR) is 101 cm³/mol. The zero-order chi connectivity index (χ0) is 18.7. The van der Waals surface area contributed by atoms with Crippen LogP contribution in [0, 0.1) is 13.8 Å². The Labute approximate surface area is 155 Å². The van der Waals surface area contributed by atoms with E-state index in [1.165, 1.54) is 11.8 Å². The molecule has 0 aliphatic carbocycles. The molecule has 0 saturated heterocycles. The van der Waals surface area contributed by atoms with Crippen molar-refractivity contribution in [3.8, 4) is 17.2 Å². The summed E-state index contributed by atoms with van der Waals surface area (Å²) in [5.74, 6) is 0.381. The molecule has 1 aromatic heterocycles. The fourth-order valence-corrected chi connectivity index (χ4v) is 3.10. The predicted octanol–water partition coefficient (Wildman–Crippen LogP) is 4.18. The minimum absolute atomic E-state index is 0.128. The van der Waals surface area contributed by atoms with Crippen LogP contribution in [0.5, 0.6) is 5.75 Å². The molecule has 0 spiro atoms. The zero-order valence-electron chi connectivity index (χ0n) is 14.7. The van der Waals surface area contributed by atoms with Gasteiger partial charge in [-0.05, 0) is 56.2 Å². The number of hydrogen-bond acceptors (Lipinski definition) is 6. The molecule has 26 heavy (non-hydrogen) atoms. The van der Waals surface area contributed by atoms with Crippen LogP contribution in [0.3, 0.4) is 0 Å². The van der Waals surface area contributed by atoms with Crippen molar-refractivity contribution in [1.82, 2.24) is 10.2 Å². The average Bonchev–Trinajstić information content (AvgIpc) is 3.07. The summed E-state index contributed by atoms with van der Waals surface area (Å²) in [5, 5.41) is 20.2. The third-order valence-electron chi connectivity index (χ3n) is 3.90. The van der Waals surface area contributed by atoms with Gasteiger partial charge in [0.1, 0.15) is 5.75 Å². The second kappa shape index (κ2) is 7.61. The number of rotatable bonds is 5. The van der Waals surface area contributed by atoms with Crippen molar-refractivity contribution in [2.24, 2.45) is 0 Å². The van der Waals surface area contributed by atoms with E-state index in [9.17, 15) is 9.90 Å². The maximum atomic E-state index is 12.5. The largest absolute Gasteiger partial charge is 0.508 e. The number of phenols is 1. The summed E-state index contributed by atoms with van der Waals surface area (Å²) in [6.45, 7) is 5.71. The molecule has 7 heteroatoms. The van der Waals surface area contributed by atoms with E-state index < -0.39 is 5.25 Å². The van der Waals surface area contributed by atoms with Crippen LogP contribution in [-0.2, 0) is 4.79 Å². The average molecular weight is 369 g/mol. The lowest BCUT2D eigenvalue weighted by Crippen LogP contribution is -2.23. The first-order chi connectivity index (χ1) is 12.4. The number of carbonyl (C=O) groups is 1. The van der Waals surface area contributed by atoms with Gasteiger partial charge in [-0.2, -0.15) is 0 Å². The van der Waals surface area contributed by atoms with E-state index in [1.807, 2.05) is 32.0 Å². The number of amides is 1. The number of thioether (sulfide) groups is 1. The number of aromatic hydroxyl groups is 1. The molecule has 1 amide bonds. The summed E-state index contributed by atoms with van der Waals surface area (Å²) in [4.78, 5) is 12.5. The lowest BCUT2D eigenvalue weighted by Gasteiger charge is -2.14. The molecule has 0 saturated carbocycles. The van der Waals surface area contributed by atoms with E-state index in [4.69, 9.17) is 4.42 Å². The normalized spacial score (nSPS) is 12.0. The van der Waals surface area contributed by atoms with Crippen molar-refractivity contribution < 1.29 is 14.3 Å². The molecule has 0 fully saturated rings. The van der Waals surface area contributed by atoms with Crippen LogP contribution in [0.4, 0.5) is 5.69 Å². The molecule has 0 radical (unpaired) electrons. The highest BCUT2D eigenvalue weighted by Gasteiger charge is 2.20. The minimum atomic E-state index is -0.401. The van der Waals surface area contributed by atoms with E-state index in [0.717, 1.165) is 16.8 Å². The molecule has 3 aromatic rings. The molecular formula is C19H19N3O3S. The second-order valence-electron chi connectivity index (χ2n) is 5.94. The standard InChI is InChI=1S/C19H19N3O3S/c1-11-5-4-6-12(2)16(11)20-17(24)13(3)26-19-22-21-18(25-19)14-7-9-15(23)10-8-14/h4-10,13,23H,1-3H3,(H,20,24)/t13-/m1/s1. The van der Waals surface area contributed by atoms with Crippen LogP contribution >= 0.6 is 11.8 Å². The molecule has 3 rings (SSSR count). The Bertz CT molecular complexity index is 902. The second-order valence-corrected chi connectivity index (χ2v) is 7.23. The lowest BCUT2D eigenvalue weighted by molar-refractivity contribution is -0.115. The number of aryl methyl sites for hydroxylation is 2. The number of hydrogen-bond donors (Lipinski definition) is 2. The van der Waals surface area contributed by atoms with E-state index in [1.54, 1.807) is 31.2 Å². The van der Waals surface area contributed by atoms with Crippen molar-refractivity contribution >= 4 is 23.4 Å². The third kappa shape index (κ3) is 4.05. The van der Waals surface area contributed by atoms with Gasteiger partial charge in [0.15, 0.2) is 0 Å². The van der Waals surface area contributed by atoms with Crippen molar-refractivity contribution in [2.45, 2.75) is 31.2 Å². The van der Waals surface area contributed by atoms with E-state index in [2.05, 4.69) is 15.5 Å². The summed E-state index contributed by atoms with van der Waals surface area (Å²) < 4.78 is 5.61. The van der Waals surface area contributed by atoms with Crippen LogP contribution < -0.4 is 5.32 Å². The first kappa shape index (κ1) is 18.0. The molecule has 134 valence electrons. The number of carbonyl (C=O) groups excluding carboxylic acids is 1. The van der Waals surface area contributed by atoms with Gasteiger partial charge in [-0.25, -0.2) is 0 Å². The Morgan fingerprint density at radius 1 is 1.12 bits per heavy atom. The van der Waals surface area contributed by atoms with Gasteiger partial charge in [0.25, 0.3) is 5.22 Å². The molecule has 0 aliphatic heterocycles. The molecule has 1 atom stereocenters. The number of anilines is 1. The van der Waals surface area contributed by atoms with Crippen molar-refractivity contribution in [3.05, 3.63) is 53.6 Å². The highest BCUT2D eigenvalue weighted by Crippen LogP contribution is 2.28. The molecule has 0 aliphatic rings. The van der Waals surface area contributed by atoms with Gasteiger partial charge in [-0.1, -0.05) is 30.0 Å². The summed E-state index contributed by atoms with van der Waals surface area (Å²) in [6, 6.07) is 12.4. The molecular weight excluding hydrogens is 350 g/mol. The molecule has 6 nitrogen and oxygen atoms in total. The quantitative estimate of drug-likeness (QED) is 0.656. The maximum Gasteiger partial charge on any atom is 0.277 e. The Morgan fingerprint density at radius 3 is 2.42 bits per heavy atom. The van der Waals surface area contributed by atoms with Gasteiger partial charge in [-0.15, -0.1) is 10.2 Å². The molecule has 2 aromatic carbocycles. The molecule has 2 N–H and O–H groups in total. The summed E-state index contributed by atoms with van der Waals surface area (Å²) in [6.07, 6.45) is 0. The highest BCUT2D eigenvalue weighted by atomic mass is 32.2.